The van der Waals surface area contributed by atoms with E-state index in [1.54, 1.807) is 20.0 Å². The summed E-state index contributed by atoms with van der Waals surface area (Å²) in [7, 11) is 0. The number of carboxylic acids is 1. The first-order valence-electron chi connectivity index (χ1n) is 5.87. The number of hydrogen-bond acceptors (Lipinski definition) is 4. The van der Waals surface area contributed by atoms with Crippen molar-refractivity contribution in [2.24, 2.45) is 16.8 Å². The molecule has 3 N–H and O–H groups in total. The summed E-state index contributed by atoms with van der Waals surface area (Å²) in [5, 5.41) is 8.88. The fourth-order valence-corrected chi connectivity index (χ4v) is 1.42. The van der Waals surface area contributed by atoms with Gasteiger partial charge in [-0.2, -0.15) is 4.99 Å². The van der Waals surface area contributed by atoms with Crippen molar-refractivity contribution in [1.29, 1.82) is 0 Å². The van der Waals surface area contributed by atoms with E-state index in [-0.39, 0.29) is 5.49 Å². The van der Waals surface area contributed by atoms with Crippen molar-refractivity contribution in [3.8, 4) is 0 Å². The van der Waals surface area contributed by atoms with Gasteiger partial charge in [-0.15, -0.1) is 0 Å². The average Bonchev–Trinajstić information content (AvgIpc) is 2.37. The first-order valence-corrected chi connectivity index (χ1v) is 5.87. The van der Waals surface area contributed by atoms with Gasteiger partial charge in [0.05, 0.1) is 23.2 Å². The third kappa shape index (κ3) is 3.18. The Labute approximate surface area is 110 Å². The molecule has 1 aromatic heterocycles. The minimum absolute atomic E-state index is 0.245. The predicted octanol–water partition coefficient (Wildman–Crippen LogP) is -0.00216. The molecule has 1 amide bonds. The van der Waals surface area contributed by atoms with Crippen LogP contribution in [-0.2, 0) is 9.59 Å². The van der Waals surface area contributed by atoms with Crippen LogP contribution in [-0.4, -0.2) is 26.6 Å². The van der Waals surface area contributed by atoms with E-state index in [4.69, 9.17) is 10.9 Å². The van der Waals surface area contributed by atoms with Gasteiger partial charge in [0.15, 0.2) is 5.49 Å². The van der Waals surface area contributed by atoms with Crippen LogP contribution in [0.3, 0.4) is 0 Å². The second kappa shape index (κ2) is 5.64. The second-order valence-electron chi connectivity index (χ2n) is 4.54. The summed E-state index contributed by atoms with van der Waals surface area (Å²) < 4.78 is 1.26. The molecule has 0 radical (unpaired) electrons. The Morgan fingerprint density at radius 3 is 2.47 bits per heavy atom. The molecule has 0 saturated heterocycles. The number of aromatic nitrogens is 2. The van der Waals surface area contributed by atoms with Crippen molar-refractivity contribution >= 4 is 11.9 Å². The quantitative estimate of drug-likeness (QED) is 0.748. The SMILES string of the molecule is Cc1ncc(C)n(N)c1=NC(=O)C(C)C(C)C(=O)O. The molecule has 104 valence electrons. The number of nitrogens with two attached hydrogens (primary N) is 1. The molecule has 7 nitrogen and oxygen atoms in total. The number of carboxylic acid groups (broad SMARTS) is 1. The monoisotopic (exact) mass is 266 g/mol. The molecule has 2 unspecified atom stereocenters. The topological polar surface area (TPSA) is 111 Å². The van der Waals surface area contributed by atoms with Crippen LogP contribution in [0.15, 0.2) is 11.2 Å². The molecule has 0 aromatic carbocycles. The molecule has 0 fully saturated rings. The van der Waals surface area contributed by atoms with Gasteiger partial charge in [0.2, 0.25) is 0 Å². The van der Waals surface area contributed by atoms with Crippen LogP contribution in [0.5, 0.6) is 0 Å². The van der Waals surface area contributed by atoms with Gasteiger partial charge in [0.25, 0.3) is 5.91 Å². The lowest BCUT2D eigenvalue weighted by Gasteiger charge is -2.12. The fourth-order valence-electron chi connectivity index (χ4n) is 1.42. The van der Waals surface area contributed by atoms with Gasteiger partial charge < -0.3 is 10.9 Å². The minimum Gasteiger partial charge on any atom is -0.481 e. The molecule has 1 aromatic rings. The van der Waals surface area contributed by atoms with E-state index in [9.17, 15) is 9.59 Å². The summed E-state index contributed by atoms with van der Waals surface area (Å²) in [5.41, 5.74) is 1.40. The number of nitrogens with zero attached hydrogens (tertiary/aromatic N) is 3. The van der Waals surface area contributed by atoms with Crippen LogP contribution < -0.4 is 11.3 Å². The largest absolute Gasteiger partial charge is 0.481 e. The van der Waals surface area contributed by atoms with E-state index in [1.807, 2.05) is 0 Å². The van der Waals surface area contributed by atoms with Crippen LogP contribution in [0, 0.1) is 25.7 Å². The van der Waals surface area contributed by atoms with Gasteiger partial charge in [0.1, 0.15) is 0 Å². The second-order valence-corrected chi connectivity index (χ2v) is 4.54. The normalized spacial score (nSPS) is 15.1. The smallest absolute Gasteiger partial charge is 0.307 e. The van der Waals surface area contributed by atoms with E-state index in [0.29, 0.717) is 11.4 Å². The highest BCUT2D eigenvalue weighted by Crippen LogP contribution is 2.12. The predicted molar refractivity (Wildman–Crippen MR) is 68.4 cm³/mol. The first kappa shape index (κ1) is 14.9. The zero-order valence-electron chi connectivity index (χ0n) is 11.4. The molecule has 7 heteroatoms. The number of rotatable bonds is 3. The van der Waals surface area contributed by atoms with E-state index in [1.165, 1.54) is 18.5 Å². The van der Waals surface area contributed by atoms with E-state index >= 15 is 0 Å². The van der Waals surface area contributed by atoms with E-state index in [2.05, 4.69) is 9.98 Å². The number of hydrogen-bond donors (Lipinski definition) is 2. The number of amides is 1. The van der Waals surface area contributed by atoms with Gasteiger partial charge >= 0.3 is 5.97 Å². The number of carbonyl (C=O) groups excluding carboxylic acids is 1. The third-order valence-electron chi connectivity index (χ3n) is 3.12. The van der Waals surface area contributed by atoms with Crippen molar-refractivity contribution in [2.45, 2.75) is 27.7 Å². The Hall–Kier alpha value is -2.18. The summed E-state index contributed by atoms with van der Waals surface area (Å²) in [6.07, 6.45) is 1.57. The lowest BCUT2D eigenvalue weighted by Crippen LogP contribution is -2.35. The molecule has 2 atom stereocenters. The molecule has 1 rings (SSSR count). The minimum atomic E-state index is -1.03. The Bertz CT molecular complexity index is 577. The molecule has 0 saturated carbocycles. The molecule has 0 spiro atoms. The van der Waals surface area contributed by atoms with Crippen molar-refractivity contribution in [2.75, 3.05) is 5.84 Å². The summed E-state index contributed by atoms with van der Waals surface area (Å²) in [4.78, 5) is 30.8. The van der Waals surface area contributed by atoms with E-state index in [0.717, 1.165) is 0 Å². The van der Waals surface area contributed by atoms with Crippen LogP contribution >= 0.6 is 0 Å². The zero-order chi connectivity index (χ0) is 14.7. The van der Waals surface area contributed by atoms with Gasteiger partial charge in [-0.3, -0.25) is 14.6 Å². The summed E-state index contributed by atoms with van der Waals surface area (Å²) in [6.45, 7) is 6.42. The van der Waals surface area contributed by atoms with Crippen LogP contribution in [0.1, 0.15) is 25.2 Å². The molecule has 0 aliphatic heterocycles. The number of nitrogen functional groups attached to an aromatic ring is 1. The summed E-state index contributed by atoms with van der Waals surface area (Å²) in [5.74, 6) is 2.70. The Morgan fingerprint density at radius 1 is 1.37 bits per heavy atom. The van der Waals surface area contributed by atoms with Crippen molar-refractivity contribution in [3.05, 3.63) is 23.1 Å². The molecular formula is C12H18N4O3. The lowest BCUT2D eigenvalue weighted by atomic mass is 9.96. The van der Waals surface area contributed by atoms with Gasteiger partial charge in [-0.05, 0) is 13.8 Å². The Morgan fingerprint density at radius 2 is 1.95 bits per heavy atom. The molecule has 0 bridgehead atoms. The fraction of sp³-hybridized carbons (Fsp3) is 0.500. The summed E-state index contributed by atoms with van der Waals surface area (Å²) in [6, 6.07) is 0. The zero-order valence-corrected chi connectivity index (χ0v) is 11.4. The number of aryl methyl sites for hydroxylation is 2. The van der Waals surface area contributed by atoms with Crippen molar-refractivity contribution < 1.29 is 14.7 Å². The highest BCUT2D eigenvalue weighted by atomic mass is 16.4. The molecule has 19 heavy (non-hydrogen) atoms. The van der Waals surface area contributed by atoms with Gasteiger partial charge in [-0.25, -0.2) is 4.68 Å². The van der Waals surface area contributed by atoms with E-state index < -0.39 is 23.7 Å². The maximum absolute atomic E-state index is 11.9. The first-order chi connectivity index (χ1) is 8.75. The highest BCUT2D eigenvalue weighted by molar-refractivity contribution is 5.84. The maximum atomic E-state index is 11.9. The van der Waals surface area contributed by atoms with Crippen LogP contribution in [0.25, 0.3) is 0 Å². The maximum Gasteiger partial charge on any atom is 0.307 e. The molecule has 0 aliphatic rings. The van der Waals surface area contributed by atoms with Crippen molar-refractivity contribution in [3.63, 3.8) is 0 Å². The molecule has 0 aliphatic carbocycles. The van der Waals surface area contributed by atoms with Crippen LogP contribution in [0.4, 0.5) is 0 Å². The third-order valence-corrected chi connectivity index (χ3v) is 3.12. The lowest BCUT2D eigenvalue weighted by molar-refractivity contribution is -0.145. The molecular weight excluding hydrogens is 248 g/mol. The Kier molecular flexibility index (Phi) is 4.42. The van der Waals surface area contributed by atoms with Gasteiger partial charge in [-0.1, -0.05) is 13.8 Å². The standard InChI is InChI=1S/C12H18N4O3/c1-6-5-14-9(4)10(16(6)13)15-11(17)7(2)8(3)12(18)19/h5,7-8H,13H2,1-4H3,(H,18,19). The van der Waals surface area contributed by atoms with Crippen LogP contribution in [0.2, 0.25) is 0 Å². The summed E-state index contributed by atoms with van der Waals surface area (Å²) >= 11 is 0. The average molecular weight is 266 g/mol. The number of carbonyl (C=O) groups is 2. The highest BCUT2D eigenvalue weighted by Gasteiger charge is 2.25. The van der Waals surface area contributed by atoms with Gasteiger partial charge in [0, 0.05) is 6.20 Å². The van der Waals surface area contributed by atoms with Crippen molar-refractivity contribution in [1.82, 2.24) is 9.66 Å². The molecule has 1 heterocycles. The Balaban J connectivity index is 3.20. The number of aliphatic carboxylic acids is 1.